The Kier molecular flexibility index (Phi) is 8.38. The van der Waals surface area contributed by atoms with E-state index in [1.54, 1.807) is 37.3 Å². The lowest BCUT2D eigenvalue weighted by Crippen LogP contribution is -2.49. The summed E-state index contributed by atoms with van der Waals surface area (Å²) in [5.74, 6) is 1.23. The van der Waals surface area contributed by atoms with Gasteiger partial charge in [-0.25, -0.2) is 0 Å². The zero-order valence-electron chi connectivity index (χ0n) is 16.5. The molecule has 1 atom stereocenters. The monoisotopic (exact) mass is 411 g/mol. The molecular weight excluding hydrogens is 382 g/mol. The molecule has 0 aromatic heterocycles. The van der Waals surface area contributed by atoms with E-state index in [2.05, 4.69) is 10.6 Å². The van der Waals surface area contributed by atoms with Crippen LogP contribution in [0.2, 0.25) is 0 Å². The number of ether oxygens (including phenoxy) is 2. The predicted molar refractivity (Wildman–Crippen MR) is 109 cm³/mol. The number of methoxy groups -OCH3 is 2. The first kappa shape index (κ1) is 22.3. The molecule has 1 aromatic rings. The van der Waals surface area contributed by atoms with Crippen molar-refractivity contribution in [1.29, 1.82) is 0 Å². The van der Waals surface area contributed by atoms with Crippen LogP contribution in [0.4, 0.5) is 0 Å². The van der Waals surface area contributed by atoms with Crippen molar-refractivity contribution in [3.63, 3.8) is 0 Å². The summed E-state index contributed by atoms with van der Waals surface area (Å²) in [7, 11) is 3.13. The van der Waals surface area contributed by atoms with E-state index in [1.165, 1.54) is 0 Å². The van der Waals surface area contributed by atoms with Gasteiger partial charge in [-0.2, -0.15) is 0 Å². The fourth-order valence-corrected chi connectivity index (χ4v) is 3.75. The fourth-order valence-electron chi connectivity index (χ4n) is 3.75. The average molecular weight is 412 g/mol. The van der Waals surface area contributed by atoms with Crippen LogP contribution in [0.15, 0.2) is 18.2 Å². The molecule has 0 aliphatic carbocycles. The van der Waals surface area contributed by atoms with Gasteiger partial charge in [0.1, 0.15) is 11.5 Å². The van der Waals surface area contributed by atoms with Gasteiger partial charge in [0.25, 0.3) is 5.91 Å². The van der Waals surface area contributed by atoms with Crippen molar-refractivity contribution < 1.29 is 19.1 Å². The molecule has 3 rings (SSSR count). The molecule has 2 aliphatic rings. The molecule has 28 heavy (non-hydrogen) atoms. The lowest BCUT2D eigenvalue weighted by Gasteiger charge is -2.33. The van der Waals surface area contributed by atoms with Crippen molar-refractivity contribution in [3.8, 4) is 11.5 Å². The number of piperidine rings is 2. The number of amides is 2. The van der Waals surface area contributed by atoms with Gasteiger partial charge in [0.05, 0.1) is 14.2 Å². The molecule has 2 fully saturated rings. The quantitative estimate of drug-likeness (QED) is 0.772. The van der Waals surface area contributed by atoms with Crippen molar-refractivity contribution in [2.75, 3.05) is 40.4 Å². The number of nitrogens with zero attached hydrogens (tertiary/aromatic N) is 1. The molecule has 7 nitrogen and oxygen atoms in total. The Balaban J connectivity index is 0.00000280. The third-order valence-corrected chi connectivity index (χ3v) is 5.39. The number of hydrogen-bond acceptors (Lipinski definition) is 5. The maximum absolute atomic E-state index is 12.8. The lowest BCUT2D eigenvalue weighted by molar-refractivity contribution is -0.127. The van der Waals surface area contributed by atoms with Gasteiger partial charge in [-0.1, -0.05) is 0 Å². The van der Waals surface area contributed by atoms with Gasteiger partial charge in [0.2, 0.25) is 5.91 Å². The van der Waals surface area contributed by atoms with Crippen LogP contribution in [0.1, 0.15) is 36.0 Å². The molecule has 2 aliphatic heterocycles. The summed E-state index contributed by atoms with van der Waals surface area (Å²) in [6.45, 7) is 3.04. The molecule has 2 N–H and O–H groups in total. The van der Waals surface area contributed by atoms with Gasteiger partial charge < -0.3 is 25.0 Å². The van der Waals surface area contributed by atoms with Crippen LogP contribution in [0.25, 0.3) is 0 Å². The Morgan fingerprint density at radius 1 is 1.07 bits per heavy atom. The van der Waals surface area contributed by atoms with Crippen molar-refractivity contribution in [2.24, 2.45) is 5.92 Å². The van der Waals surface area contributed by atoms with Crippen molar-refractivity contribution >= 4 is 24.2 Å². The molecule has 0 saturated carbocycles. The Labute approximate surface area is 172 Å². The summed E-state index contributed by atoms with van der Waals surface area (Å²) in [5, 5.41) is 6.47. The van der Waals surface area contributed by atoms with Gasteiger partial charge in [0.15, 0.2) is 0 Å². The minimum absolute atomic E-state index is 0. The SMILES string of the molecule is COc1cc(OC)cc(C(=O)N2CCC(C(=O)NC3CCCNC3)CC2)c1.Cl. The van der Waals surface area contributed by atoms with E-state index in [0.29, 0.717) is 43.0 Å². The first-order valence-corrected chi connectivity index (χ1v) is 9.64. The highest BCUT2D eigenvalue weighted by Gasteiger charge is 2.29. The Bertz CT molecular complexity index is 649. The maximum atomic E-state index is 12.8. The third kappa shape index (κ3) is 5.52. The first-order valence-electron chi connectivity index (χ1n) is 9.64. The normalized spacial score (nSPS) is 20.1. The summed E-state index contributed by atoms with van der Waals surface area (Å²) < 4.78 is 10.5. The number of likely N-dealkylation sites (tertiary alicyclic amines) is 1. The second-order valence-electron chi connectivity index (χ2n) is 7.22. The zero-order valence-corrected chi connectivity index (χ0v) is 17.3. The molecular formula is C20H30ClN3O4. The minimum Gasteiger partial charge on any atom is -0.497 e. The molecule has 156 valence electrons. The molecule has 2 saturated heterocycles. The van der Waals surface area contributed by atoms with Gasteiger partial charge in [-0.15, -0.1) is 12.4 Å². The average Bonchev–Trinajstić information content (AvgIpc) is 2.73. The number of carbonyl (C=O) groups is 2. The Morgan fingerprint density at radius 3 is 2.25 bits per heavy atom. The molecule has 0 bridgehead atoms. The van der Waals surface area contributed by atoms with E-state index < -0.39 is 0 Å². The number of halogens is 1. The van der Waals surface area contributed by atoms with E-state index in [4.69, 9.17) is 9.47 Å². The van der Waals surface area contributed by atoms with Crippen LogP contribution in [0.3, 0.4) is 0 Å². The zero-order chi connectivity index (χ0) is 19.2. The summed E-state index contributed by atoms with van der Waals surface area (Å²) in [6.07, 6.45) is 3.52. The molecule has 8 heteroatoms. The minimum atomic E-state index is -0.0532. The van der Waals surface area contributed by atoms with Crippen LogP contribution < -0.4 is 20.1 Å². The van der Waals surface area contributed by atoms with Crippen LogP contribution in [0, 0.1) is 5.92 Å². The largest absolute Gasteiger partial charge is 0.497 e. The van der Waals surface area contributed by atoms with Gasteiger partial charge >= 0.3 is 0 Å². The molecule has 0 spiro atoms. The number of hydrogen-bond donors (Lipinski definition) is 2. The highest BCUT2D eigenvalue weighted by molar-refractivity contribution is 5.95. The Hall–Kier alpha value is -1.99. The van der Waals surface area contributed by atoms with Crippen LogP contribution >= 0.6 is 12.4 Å². The molecule has 1 unspecified atom stereocenters. The number of carbonyl (C=O) groups excluding carboxylic acids is 2. The second kappa shape index (κ2) is 10.5. The van der Waals surface area contributed by atoms with Gasteiger partial charge in [-0.05, 0) is 44.4 Å². The summed E-state index contributed by atoms with van der Waals surface area (Å²) >= 11 is 0. The standard InChI is InChI=1S/C20H29N3O4.ClH/c1-26-17-10-15(11-18(12-17)27-2)20(25)23-8-5-14(6-9-23)19(24)22-16-4-3-7-21-13-16;/h10-12,14,16,21H,3-9,13H2,1-2H3,(H,22,24);1H. The highest BCUT2D eigenvalue weighted by Crippen LogP contribution is 2.25. The summed E-state index contributed by atoms with van der Waals surface area (Å²) in [4.78, 5) is 27.1. The third-order valence-electron chi connectivity index (χ3n) is 5.39. The highest BCUT2D eigenvalue weighted by atomic mass is 35.5. The Morgan fingerprint density at radius 2 is 1.71 bits per heavy atom. The summed E-state index contributed by atoms with van der Waals surface area (Å²) in [6, 6.07) is 5.42. The molecule has 0 radical (unpaired) electrons. The topological polar surface area (TPSA) is 79.9 Å². The number of nitrogens with one attached hydrogen (secondary N) is 2. The van der Waals surface area contributed by atoms with Gasteiger partial charge in [-0.3, -0.25) is 9.59 Å². The van der Waals surface area contributed by atoms with Crippen molar-refractivity contribution in [3.05, 3.63) is 23.8 Å². The lowest BCUT2D eigenvalue weighted by atomic mass is 9.94. The smallest absolute Gasteiger partial charge is 0.254 e. The van der Waals surface area contributed by atoms with Crippen molar-refractivity contribution in [1.82, 2.24) is 15.5 Å². The van der Waals surface area contributed by atoms with Crippen LogP contribution in [0.5, 0.6) is 11.5 Å². The molecule has 2 amide bonds. The van der Waals surface area contributed by atoms with E-state index in [1.807, 2.05) is 0 Å². The maximum Gasteiger partial charge on any atom is 0.254 e. The van der Waals surface area contributed by atoms with E-state index in [9.17, 15) is 9.59 Å². The van der Waals surface area contributed by atoms with Crippen LogP contribution in [-0.4, -0.2) is 63.2 Å². The van der Waals surface area contributed by atoms with E-state index in [-0.39, 0.29) is 36.2 Å². The van der Waals surface area contributed by atoms with E-state index >= 15 is 0 Å². The predicted octanol–water partition coefficient (Wildman–Crippen LogP) is 1.85. The second-order valence-corrected chi connectivity index (χ2v) is 7.22. The summed E-state index contributed by atoms with van der Waals surface area (Å²) in [5.41, 5.74) is 0.544. The van der Waals surface area contributed by atoms with Crippen molar-refractivity contribution in [2.45, 2.75) is 31.7 Å². The van der Waals surface area contributed by atoms with Crippen LogP contribution in [-0.2, 0) is 4.79 Å². The molecule has 1 aromatic carbocycles. The van der Waals surface area contributed by atoms with E-state index in [0.717, 1.165) is 25.9 Å². The fraction of sp³-hybridized carbons (Fsp3) is 0.600. The molecule has 2 heterocycles. The number of benzene rings is 1. The number of rotatable bonds is 5. The first-order chi connectivity index (χ1) is 13.1. The van der Waals surface area contributed by atoms with Gasteiger partial charge in [0, 0.05) is 43.2 Å².